The molecule has 0 N–H and O–H groups in total. The number of furan rings is 2. The van der Waals surface area contributed by atoms with Gasteiger partial charge < -0.3 is 8.83 Å². The second-order valence-corrected chi connectivity index (χ2v) is 11.8. The van der Waals surface area contributed by atoms with E-state index in [1.807, 2.05) is 109 Å². The monoisotopic (exact) mass is 632 g/mol. The molecule has 0 saturated heterocycles. The molecule has 6 aromatic carbocycles. The minimum Gasteiger partial charge on any atom is -0.455 e. The summed E-state index contributed by atoms with van der Waals surface area (Å²) in [5, 5.41) is 4.95. The van der Waals surface area contributed by atoms with E-state index in [4.69, 9.17) is 23.8 Å². The van der Waals surface area contributed by atoms with Gasteiger partial charge in [-0.2, -0.15) is 0 Å². The van der Waals surface area contributed by atoms with Gasteiger partial charge in [0.05, 0.1) is 28.7 Å². The molecular weight excluding hydrogens is 604 g/mol. The van der Waals surface area contributed by atoms with Crippen LogP contribution in [0.4, 0.5) is 5.69 Å². The van der Waals surface area contributed by atoms with Crippen LogP contribution >= 0.6 is 0 Å². The summed E-state index contributed by atoms with van der Waals surface area (Å²) in [6.45, 7) is 0. The highest BCUT2D eigenvalue weighted by atomic mass is 16.3. The van der Waals surface area contributed by atoms with E-state index < -0.39 is 0 Å². The Balaban J connectivity index is 1.22. The molecule has 0 atom stereocenters. The van der Waals surface area contributed by atoms with Crippen molar-refractivity contribution in [2.45, 2.75) is 0 Å². The van der Waals surface area contributed by atoms with E-state index in [1.54, 1.807) is 13.3 Å². The first-order valence-corrected chi connectivity index (χ1v) is 16.1. The molecular formula is C43H28N4O2. The molecule has 0 unspecified atom stereocenters. The van der Waals surface area contributed by atoms with Crippen molar-refractivity contribution in [3.05, 3.63) is 157 Å². The quantitative estimate of drug-likeness (QED) is 0.140. The summed E-state index contributed by atoms with van der Waals surface area (Å²) >= 11 is 0. The van der Waals surface area contributed by atoms with Crippen LogP contribution in [0.5, 0.6) is 0 Å². The highest BCUT2D eigenvalue weighted by Gasteiger charge is 2.21. The molecule has 9 rings (SSSR count). The number of aromatic nitrogens is 1. The first-order chi connectivity index (χ1) is 24.2. The summed E-state index contributed by atoms with van der Waals surface area (Å²) < 4.78 is 13.0. The maximum Gasteiger partial charge on any atom is 0.161 e. The van der Waals surface area contributed by atoms with Crippen LogP contribution in [-0.4, -0.2) is 29.8 Å². The van der Waals surface area contributed by atoms with Crippen molar-refractivity contribution in [1.82, 2.24) is 4.98 Å². The molecule has 0 amide bonds. The van der Waals surface area contributed by atoms with Crippen LogP contribution in [0.2, 0.25) is 0 Å². The van der Waals surface area contributed by atoms with Crippen molar-refractivity contribution in [2.75, 3.05) is 7.05 Å². The molecule has 232 valence electrons. The molecule has 0 fully saturated rings. The van der Waals surface area contributed by atoms with Gasteiger partial charge in [0.1, 0.15) is 22.3 Å². The molecule has 3 aromatic heterocycles. The summed E-state index contributed by atoms with van der Waals surface area (Å²) in [4.78, 5) is 19.7. The third kappa shape index (κ3) is 4.98. The fraction of sp³-hybridized carbons (Fsp3) is 0.0233. The van der Waals surface area contributed by atoms with Crippen molar-refractivity contribution in [3.8, 4) is 11.3 Å². The SMILES string of the molecule is CN=C(N=C(C=Nc1cccc(-c2nc3c(ccc4c5ccccc5oc43)c3oc4ccccc4c23)c1)c1ccccc1)c1ccccc1. The number of rotatable bonds is 5. The number of nitrogens with zero attached hydrogens (tertiary/aromatic N) is 4. The zero-order valence-corrected chi connectivity index (χ0v) is 26.5. The highest BCUT2D eigenvalue weighted by molar-refractivity contribution is 6.41. The molecule has 6 nitrogen and oxygen atoms in total. The highest BCUT2D eigenvalue weighted by Crippen LogP contribution is 2.43. The second kappa shape index (κ2) is 11.9. The smallest absolute Gasteiger partial charge is 0.161 e. The zero-order chi connectivity index (χ0) is 32.7. The van der Waals surface area contributed by atoms with Crippen molar-refractivity contribution < 1.29 is 8.83 Å². The van der Waals surface area contributed by atoms with Crippen LogP contribution in [0.3, 0.4) is 0 Å². The number of hydrogen-bond acceptors (Lipinski definition) is 5. The van der Waals surface area contributed by atoms with E-state index in [-0.39, 0.29) is 0 Å². The molecule has 49 heavy (non-hydrogen) atoms. The average molecular weight is 633 g/mol. The van der Waals surface area contributed by atoms with Gasteiger partial charge in [0.2, 0.25) is 0 Å². The molecule has 0 aliphatic rings. The molecule has 3 heterocycles. The van der Waals surface area contributed by atoms with Gasteiger partial charge in [0, 0.05) is 45.3 Å². The maximum atomic E-state index is 6.55. The predicted molar refractivity (Wildman–Crippen MR) is 202 cm³/mol. The van der Waals surface area contributed by atoms with Gasteiger partial charge in [-0.3, -0.25) is 9.98 Å². The summed E-state index contributed by atoms with van der Waals surface area (Å²) in [5.41, 5.74) is 8.98. The van der Waals surface area contributed by atoms with E-state index in [9.17, 15) is 0 Å². The number of benzene rings is 6. The summed E-state index contributed by atoms with van der Waals surface area (Å²) in [6, 6.07) is 48.5. The van der Waals surface area contributed by atoms with Crippen LogP contribution in [0.25, 0.3) is 66.0 Å². The van der Waals surface area contributed by atoms with Crippen LogP contribution in [-0.2, 0) is 0 Å². The lowest BCUT2D eigenvalue weighted by Gasteiger charge is -2.08. The molecule has 0 spiro atoms. The van der Waals surface area contributed by atoms with Crippen LogP contribution in [0.15, 0.2) is 169 Å². The fourth-order valence-electron chi connectivity index (χ4n) is 6.51. The van der Waals surface area contributed by atoms with E-state index in [2.05, 4.69) is 41.4 Å². The first-order valence-electron chi connectivity index (χ1n) is 16.1. The normalized spacial score (nSPS) is 12.8. The standard InChI is InChI=1S/C43H28N4O2/c1-44-43(28-15-6-3-7-16-28)46-35(27-13-4-2-5-14-27)26-45-30-18-12-17-29(25-30)39-38-33-20-9-11-22-37(33)48-41(38)34-24-23-32-31-19-8-10-21-36(31)49-42(32)40(34)47-39/h2-26H,1H3. The molecule has 6 heteroatoms. The van der Waals surface area contributed by atoms with Crippen molar-refractivity contribution in [3.63, 3.8) is 0 Å². The number of amidine groups is 1. The molecule has 9 aromatic rings. The average Bonchev–Trinajstić information content (AvgIpc) is 3.75. The fourth-order valence-corrected chi connectivity index (χ4v) is 6.51. The minimum atomic E-state index is 0.631. The Morgan fingerprint density at radius 2 is 1.24 bits per heavy atom. The Morgan fingerprint density at radius 1 is 0.592 bits per heavy atom. The van der Waals surface area contributed by atoms with Crippen molar-refractivity contribution in [1.29, 1.82) is 0 Å². The van der Waals surface area contributed by atoms with Gasteiger partial charge in [-0.15, -0.1) is 0 Å². The lowest BCUT2D eigenvalue weighted by Crippen LogP contribution is -2.08. The van der Waals surface area contributed by atoms with E-state index in [0.717, 1.165) is 82.9 Å². The zero-order valence-electron chi connectivity index (χ0n) is 26.5. The lowest BCUT2D eigenvalue weighted by molar-refractivity contribution is 0.668. The van der Waals surface area contributed by atoms with E-state index in [0.29, 0.717) is 11.5 Å². The number of para-hydroxylation sites is 2. The molecule has 0 bridgehead atoms. The third-order valence-corrected chi connectivity index (χ3v) is 8.82. The Morgan fingerprint density at radius 3 is 2.02 bits per heavy atom. The van der Waals surface area contributed by atoms with Crippen LogP contribution < -0.4 is 0 Å². The van der Waals surface area contributed by atoms with Crippen LogP contribution in [0.1, 0.15) is 11.1 Å². The Hall–Kier alpha value is -6.66. The largest absolute Gasteiger partial charge is 0.455 e. The summed E-state index contributed by atoms with van der Waals surface area (Å²) in [7, 11) is 1.76. The van der Waals surface area contributed by atoms with E-state index >= 15 is 0 Å². The first kappa shape index (κ1) is 28.6. The number of pyridine rings is 1. The van der Waals surface area contributed by atoms with Gasteiger partial charge in [-0.05, 0) is 36.4 Å². The van der Waals surface area contributed by atoms with Gasteiger partial charge in [-0.25, -0.2) is 9.98 Å². The molecule has 0 aliphatic carbocycles. The summed E-state index contributed by atoms with van der Waals surface area (Å²) in [5.74, 6) is 0.631. The summed E-state index contributed by atoms with van der Waals surface area (Å²) in [6.07, 6.45) is 1.80. The Kier molecular flexibility index (Phi) is 6.91. The van der Waals surface area contributed by atoms with Gasteiger partial charge in [0.15, 0.2) is 11.4 Å². The van der Waals surface area contributed by atoms with Crippen molar-refractivity contribution >= 4 is 78.2 Å². The number of aliphatic imine (C=N–C) groups is 3. The molecule has 0 aliphatic heterocycles. The Labute approximate surface area is 281 Å². The molecule has 0 radical (unpaired) electrons. The van der Waals surface area contributed by atoms with E-state index in [1.165, 1.54) is 0 Å². The van der Waals surface area contributed by atoms with Gasteiger partial charge >= 0.3 is 0 Å². The van der Waals surface area contributed by atoms with Crippen molar-refractivity contribution in [2.24, 2.45) is 15.0 Å². The predicted octanol–water partition coefficient (Wildman–Crippen LogP) is 11.0. The topological polar surface area (TPSA) is 76.2 Å². The minimum absolute atomic E-state index is 0.631. The third-order valence-electron chi connectivity index (χ3n) is 8.82. The number of hydrogen-bond donors (Lipinski definition) is 0. The second-order valence-electron chi connectivity index (χ2n) is 11.8. The number of fused-ring (bicyclic) bond motifs is 9. The maximum absolute atomic E-state index is 6.55. The van der Waals surface area contributed by atoms with Crippen LogP contribution in [0, 0.1) is 0 Å². The van der Waals surface area contributed by atoms with Gasteiger partial charge in [0.25, 0.3) is 0 Å². The molecule has 0 saturated carbocycles. The lowest BCUT2D eigenvalue weighted by atomic mass is 10.0. The van der Waals surface area contributed by atoms with Gasteiger partial charge in [-0.1, -0.05) is 109 Å². The Bertz CT molecular complexity index is 2770.